The number of carbonyl (C=O) groups is 1. The van der Waals surface area contributed by atoms with Gasteiger partial charge in [0.15, 0.2) is 0 Å². The van der Waals surface area contributed by atoms with E-state index in [4.69, 9.17) is 0 Å². The molecule has 0 heterocycles. The topological polar surface area (TPSA) is 128 Å². The molecule has 0 radical (unpaired) electrons. The van der Waals surface area contributed by atoms with Gasteiger partial charge in [0, 0.05) is 18.2 Å². The molecule has 2 rings (SSSR count). The third kappa shape index (κ3) is 4.70. The number of carbonyl (C=O) groups excluding carboxylic acids is 1. The van der Waals surface area contributed by atoms with Gasteiger partial charge < -0.3 is 15.5 Å². The van der Waals surface area contributed by atoms with Crippen molar-refractivity contribution < 1.29 is 23.4 Å². The average molecular weight is 363 g/mol. The lowest BCUT2D eigenvalue weighted by Gasteiger charge is -2.08. The molecule has 0 spiro atoms. The number of rotatable bonds is 5. The van der Waals surface area contributed by atoms with E-state index in [1.54, 1.807) is 0 Å². The Hall–Kier alpha value is -3.07. The molecule has 0 aliphatic carbocycles. The van der Waals surface area contributed by atoms with Gasteiger partial charge in [0.25, 0.3) is 10.0 Å². The molecular weight excluding hydrogens is 346 g/mol. The molecule has 0 aliphatic heterocycles. The molecule has 8 nitrogen and oxygen atoms in total. The number of sulfonamides is 1. The van der Waals surface area contributed by atoms with Crippen LogP contribution in [0.4, 0.5) is 5.69 Å². The Bertz CT molecular complexity index is 921. The highest BCUT2D eigenvalue weighted by Crippen LogP contribution is 2.22. The van der Waals surface area contributed by atoms with Gasteiger partial charge in [-0.15, -0.1) is 0 Å². The van der Waals surface area contributed by atoms with E-state index < -0.39 is 10.0 Å². The predicted octanol–water partition coefficient (Wildman–Crippen LogP) is 1.76. The van der Waals surface area contributed by atoms with E-state index >= 15 is 0 Å². The Labute approximate surface area is 144 Å². The van der Waals surface area contributed by atoms with E-state index in [0.717, 1.165) is 0 Å². The summed E-state index contributed by atoms with van der Waals surface area (Å²) in [6.45, 7) is 2.83. The lowest BCUT2D eigenvalue weighted by molar-refractivity contribution is -0.114. The summed E-state index contributed by atoms with van der Waals surface area (Å²) in [5.41, 5.74) is 0.839. The molecular formula is C16H17N3O5S. The maximum atomic E-state index is 12.2. The fourth-order valence-electron chi connectivity index (χ4n) is 1.98. The van der Waals surface area contributed by atoms with Gasteiger partial charge in [-0.25, -0.2) is 0 Å². The van der Waals surface area contributed by atoms with Crippen LogP contribution in [0.25, 0.3) is 0 Å². The van der Waals surface area contributed by atoms with Crippen molar-refractivity contribution >= 4 is 27.3 Å². The molecule has 4 N–H and O–H groups in total. The Morgan fingerprint density at radius 1 is 1.04 bits per heavy atom. The fraction of sp³-hybridized carbons (Fsp3) is 0.125. The van der Waals surface area contributed by atoms with Crippen LogP contribution in [0.2, 0.25) is 0 Å². The number of amides is 1. The van der Waals surface area contributed by atoms with Crippen LogP contribution < -0.4 is 10.1 Å². The van der Waals surface area contributed by atoms with Crippen LogP contribution in [0.1, 0.15) is 19.4 Å². The third-order valence-corrected chi connectivity index (χ3v) is 4.41. The summed E-state index contributed by atoms with van der Waals surface area (Å²) in [5.74, 6) is -0.489. The molecule has 1 amide bonds. The zero-order valence-corrected chi connectivity index (χ0v) is 14.3. The predicted molar refractivity (Wildman–Crippen MR) is 93.0 cm³/mol. The SMILES string of the molecule is CC(=O)Nc1ccc(S(=O)(=O)N/N=C(\C)c2cc(O)ccc2O)cc1. The van der Waals surface area contributed by atoms with Crippen LogP contribution in [-0.4, -0.2) is 30.2 Å². The monoisotopic (exact) mass is 363 g/mol. The number of phenolic OH excluding ortho intramolecular Hbond substituents is 2. The van der Waals surface area contributed by atoms with Gasteiger partial charge in [0.1, 0.15) is 11.5 Å². The van der Waals surface area contributed by atoms with Crippen molar-refractivity contribution in [3.8, 4) is 11.5 Å². The van der Waals surface area contributed by atoms with Gasteiger partial charge in [-0.3, -0.25) is 4.79 Å². The summed E-state index contributed by atoms with van der Waals surface area (Å²) in [4.78, 5) is 13.0. The first-order valence-corrected chi connectivity index (χ1v) is 8.63. The van der Waals surface area contributed by atoms with E-state index in [1.807, 2.05) is 0 Å². The number of nitrogens with zero attached hydrogens (tertiary/aromatic N) is 1. The van der Waals surface area contributed by atoms with Gasteiger partial charge >= 0.3 is 0 Å². The van der Waals surface area contributed by atoms with Crippen LogP contribution in [0.3, 0.4) is 0 Å². The third-order valence-electron chi connectivity index (χ3n) is 3.19. The molecule has 0 saturated carbocycles. The first kappa shape index (κ1) is 18.3. The highest BCUT2D eigenvalue weighted by atomic mass is 32.2. The van der Waals surface area contributed by atoms with Crippen molar-refractivity contribution in [2.24, 2.45) is 5.10 Å². The van der Waals surface area contributed by atoms with Crippen LogP contribution in [0, 0.1) is 0 Å². The molecule has 0 aromatic heterocycles. The summed E-state index contributed by atoms with van der Waals surface area (Å²) < 4.78 is 24.5. The Morgan fingerprint density at radius 2 is 1.68 bits per heavy atom. The van der Waals surface area contributed by atoms with E-state index in [9.17, 15) is 23.4 Å². The maximum absolute atomic E-state index is 12.2. The van der Waals surface area contributed by atoms with E-state index in [1.165, 1.54) is 56.3 Å². The number of hydrogen-bond donors (Lipinski definition) is 4. The molecule has 0 aliphatic rings. The summed E-state index contributed by atoms with van der Waals surface area (Å²) in [6, 6.07) is 9.40. The molecule has 25 heavy (non-hydrogen) atoms. The molecule has 0 fully saturated rings. The Morgan fingerprint density at radius 3 is 2.28 bits per heavy atom. The number of hydrazone groups is 1. The van der Waals surface area contributed by atoms with Crippen LogP contribution >= 0.6 is 0 Å². The van der Waals surface area contributed by atoms with Crippen LogP contribution in [-0.2, 0) is 14.8 Å². The van der Waals surface area contributed by atoms with Gasteiger partial charge in [-0.1, -0.05) is 0 Å². The summed E-state index contributed by atoms with van der Waals surface area (Å²) in [6.07, 6.45) is 0. The largest absolute Gasteiger partial charge is 0.508 e. The van der Waals surface area contributed by atoms with Gasteiger partial charge in [-0.05, 0) is 49.4 Å². The highest BCUT2D eigenvalue weighted by Gasteiger charge is 2.14. The number of benzene rings is 2. The smallest absolute Gasteiger partial charge is 0.276 e. The first-order valence-electron chi connectivity index (χ1n) is 7.15. The average Bonchev–Trinajstić information content (AvgIpc) is 2.55. The molecule has 9 heteroatoms. The minimum Gasteiger partial charge on any atom is -0.508 e. The van der Waals surface area contributed by atoms with E-state index in [-0.39, 0.29) is 33.6 Å². The maximum Gasteiger partial charge on any atom is 0.276 e. The number of hydrogen-bond acceptors (Lipinski definition) is 6. The molecule has 0 unspecified atom stereocenters. The van der Waals surface area contributed by atoms with Crippen molar-refractivity contribution in [2.45, 2.75) is 18.7 Å². The lowest BCUT2D eigenvalue weighted by Crippen LogP contribution is -2.20. The van der Waals surface area contributed by atoms with E-state index in [2.05, 4.69) is 15.2 Å². The summed E-state index contributed by atoms with van der Waals surface area (Å²) in [5, 5.41) is 25.5. The minimum atomic E-state index is -3.93. The number of aromatic hydroxyl groups is 2. The van der Waals surface area contributed by atoms with Gasteiger partial charge in [0.05, 0.1) is 10.6 Å². The van der Waals surface area contributed by atoms with Crippen molar-refractivity contribution in [2.75, 3.05) is 5.32 Å². The first-order chi connectivity index (χ1) is 11.7. The Kier molecular flexibility index (Phi) is 5.28. The zero-order chi connectivity index (χ0) is 18.6. The molecule has 2 aromatic carbocycles. The van der Waals surface area contributed by atoms with Gasteiger partial charge in [0.2, 0.25) is 5.91 Å². The normalized spacial score (nSPS) is 11.8. The zero-order valence-electron chi connectivity index (χ0n) is 13.5. The minimum absolute atomic E-state index is 0.0433. The second kappa shape index (κ2) is 7.22. The second-order valence-corrected chi connectivity index (χ2v) is 6.86. The van der Waals surface area contributed by atoms with Crippen molar-refractivity contribution in [1.82, 2.24) is 4.83 Å². The van der Waals surface area contributed by atoms with Gasteiger partial charge in [-0.2, -0.15) is 18.4 Å². The molecule has 0 atom stereocenters. The second-order valence-electron chi connectivity index (χ2n) is 5.20. The van der Waals surface area contributed by atoms with E-state index in [0.29, 0.717) is 5.69 Å². The van der Waals surface area contributed by atoms with Crippen LogP contribution in [0.5, 0.6) is 11.5 Å². The lowest BCUT2D eigenvalue weighted by atomic mass is 10.1. The molecule has 0 saturated heterocycles. The molecule has 132 valence electrons. The van der Waals surface area contributed by atoms with Crippen molar-refractivity contribution in [1.29, 1.82) is 0 Å². The van der Waals surface area contributed by atoms with Crippen molar-refractivity contribution in [3.63, 3.8) is 0 Å². The number of anilines is 1. The standard InChI is InChI=1S/C16H17N3O5S/c1-10(15-9-13(21)5-8-16(15)22)18-19-25(23,24)14-6-3-12(4-7-14)17-11(2)20/h3-9,19,21-22H,1-2H3,(H,17,20)/b18-10+. The fourth-order valence-corrected chi connectivity index (χ4v) is 2.83. The molecule has 0 bridgehead atoms. The Balaban J connectivity index is 2.20. The van der Waals surface area contributed by atoms with Crippen molar-refractivity contribution in [3.05, 3.63) is 48.0 Å². The molecule has 2 aromatic rings. The summed E-state index contributed by atoms with van der Waals surface area (Å²) in [7, 11) is -3.93. The summed E-state index contributed by atoms with van der Waals surface area (Å²) >= 11 is 0. The number of phenols is 2. The quantitative estimate of drug-likeness (QED) is 0.366. The van der Waals surface area contributed by atoms with Crippen LogP contribution in [0.15, 0.2) is 52.5 Å². The number of nitrogens with one attached hydrogen (secondary N) is 2. The highest BCUT2D eigenvalue weighted by molar-refractivity contribution is 7.89.